The van der Waals surface area contributed by atoms with Gasteiger partial charge in [-0.15, -0.1) is 0 Å². The third-order valence-corrected chi connectivity index (χ3v) is 3.01. The van der Waals surface area contributed by atoms with Gasteiger partial charge in [-0.3, -0.25) is 4.90 Å². The molecule has 2 heterocycles. The number of nitrogens with zero attached hydrogens (tertiary/aromatic N) is 3. The first-order valence-electron chi connectivity index (χ1n) is 6.04. The predicted molar refractivity (Wildman–Crippen MR) is 67.2 cm³/mol. The smallest absolute Gasteiger partial charge is 0.160 e. The predicted octanol–water partition coefficient (Wildman–Crippen LogP) is 2.22. The minimum absolute atomic E-state index is 0.0484. The average Bonchev–Trinajstić information content (AvgIpc) is 2.28. The van der Waals surface area contributed by atoms with Crippen molar-refractivity contribution < 1.29 is 4.74 Å². The van der Waals surface area contributed by atoms with Gasteiger partial charge in [0, 0.05) is 18.8 Å². The molecule has 5 heteroatoms. The minimum Gasteiger partial charge on any atom is -0.368 e. The van der Waals surface area contributed by atoms with Crippen LogP contribution in [0.4, 0.5) is 0 Å². The maximum atomic E-state index is 5.95. The molecule has 0 amide bonds. The summed E-state index contributed by atoms with van der Waals surface area (Å²) in [7, 11) is 0. The first-order chi connectivity index (χ1) is 8.19. The van der Waals surface area contributed by atoms with Gasteiger partial charge >= 0.3 is 0 Å². The van der Waals surface area contributed by atoms with Crippen LogP contribution in [0.3, 0.4) is 0 Å². The molecule has 1 aromatic heterocycles. The fraction of sp³-hybridized carbons (Fsp3) is 0.667. The van der Waals surface area contributed by atoms with Gasteiger partial charge in [0.05, 0.1) is 6.61 Å². The van der Waals surface area contributed by atoms with Gasteiger partial charge in [-0.1, -0.05) is 18.5 Å². The molecule has 1 atom stereocenters. The van der Waals surface area contributed by atoms with Gasteiger partial charge in [0.2, 0.25) is 0 Å². The van der Waals surface area contributed by atoms with Crippen LogP contribution >= 0.6 is 11.6 Å². The largest absolute Gasteiger partial charge is 0.368 e. The lowest BCUT2D eigenvalue weighted by atomic mass is 10.2. The van der Waals surface area contributed by atoms with Crippen LogP contribution in [0.2, 0.25) is 5.15 Å². The van der Waals surface area contributed by atoms with Crippen LogP contribution < -0.4 is 0 Å². The van der Waals surface area contributed by atoms with Gasteiger partial charge in [-0.2, -0.15) is 0 Å². The molecule has 1 fully saturated rings. The van der Waals surface area contributed by atoms with Gasteiger partial charge in [0.25, 0.3) is 0 Å². The van der Waals surface area contributed by atoms with E-state index in [1.165, 1.54) is 0 Å². The van der Waals surface area contributed by atoms with Crippen molar-refractivity contribution in [1.82, 2.24) is 14.9 Å². The highest BCUT2D eigenvalue weighted by atomic mass is 35.5. The summed E-state index contributed by atoms with van der Waals surface area (Å²) in [4.78, 5) is 11.0. The molecule has 94 valence electrons. The van der Waals surface area contributed by atoms with Crippen LogP contribution in [-0.4, -0.2) is 41.1 Å². The Bertz CT molecular complexity index is 364. The Kier molecular flexibility index (Phi) is 4.31. The minimum atomic E-state index is -0.0484. The number of hydrogen-bond donors (Lipinski definition) is 0. The van der Waals surface area contributed by atoms with Gasteiger partial charge in [-0.05, 0) is 26.0 Å². The Morgan fingerprint density at radius 1 is 1.53 bits per heavy atom. The SMILES string of the molecule is CCCN1CCOC(c2nc(C)cc(Cl)n2)C1. The van der Waals surface area contributed by atoms with E-state index in [-0.39, 0.29) is 6.10 Å². The Balaban J connectivity index is 2.10. The van der Waals surface area contributed by atoms with Gasteiger partial charge in [-0.25, -0.2) is 9.97 Å². The molecule has 0 aromatic carbocycles. The molecule has 0 spiro atoms. The topological polar surface area (TPSA) is 38.2 Å². The van der Waals surface area contributed by atoms with Crippen molar-refractivity contribution in [3.63, 3.8) is 0 Å². The van der Waals surface area contributed by atoms with E-state index in [9.17, 15) is 0 Å². The van der Waals surface area contributed by atoms with Crippen LogP contribution in [0, 0.1) is 6.92 Å². The van der Waals surface area contributed by atoms with Crippen LogP contribution in [0.15, 0.2) is 6.07 Å². The first-order valence-corrected chi connectivity index (χ1v) is 6.42. The summed E-state index contributed by atoms with van der Waals surface area (Å²) in [6, 6.07) is 1.76. The van der Waals surface area contributed by atoms with Crippen LogP contribution in [0.5, 0.6) is 0 Å². The number of halogens is 1. The third-order valence-electron chi connectivity index (χ3n) is 2.82. The summed E-state index contributed by atoms with van der Waals surface area (Å²) in [5.74, 6) is 0.704. The number of morpholine rings is 1. The van der Waals surface area contributed by atoms with Crippen LogP contribution in [0.25, 0.3) is 0 Å². The van der Waals surface area contributed by atoms with Crippen molar-refractivity contribution in [3.05, 3.63) is 22.7 Å². The third kappa shape index (κ3) is 3.37. The van der Waals surface area contributed by atoms with Crippen LogP contribution in [-0.2, 0) is 4.74 Å². The van der Waals surface area contributed by atoms with E-state index >= 15 is 0 Å². The van der Waals surface area contributed by atoms with Crippen molar-refractivity contribution in [3.8, 4) is 0 Å². The maximum absolute atomic E-state index is 5.95. The summed E-state index contributed by atoms with van der Waals surface area (Å²) in [5.41, 5.74) is 0.885. The summed E-state index contributed by atoms with van der Waals surface area (Å²) in [6.45, 7) is 7.78. The molecule has 0 radical (unpaired) electrons. The van der Waals surface area contributed by atoms with E-state index in [1.54, 1.807) is 6.07 Å². The van der Waals surface area contributed by atoms with E-state index in [1.807, 2.05) is 6.92 Å². The van der Waals surface area contributed by atoms with Crippen molar-refractivity contribution in [2.24, 2.45) is 0 Å². The standard InChI is InChI=1S/C12H18ClN3O/c1-3-4-16-5-6-17-10(8-16)12-14-9(2)7-11(13)15-12/h7,10H,3-6,8H2,1-2H3. The fourth-order valence-corrected chi connectivity index (χ4v) is 2.32. The molecular weight excluding hydrogens is 238 g/mol. The lowest BCUT2D eigenvalue weighted by molar-refractivity contribution is -0.0342. The second kappa shape index (κ2) is 5.76. The molecule has 1 aromatic rings. The lowest BCUT2D eigenvalue weighted by Crippen LogP contribution is -2.39. The number of aromatic nitrogens is 2. The molecule has 0 N–H and O–H groups in total. The van der Waals surface area contributed by atoms with Crippen LogP contribution in [0.1, 0.15) is 31.0 Å². The van der Waals surface area contributed by atoms with Crippen molar-refractivity contribution in [2.45, 2.75) is 26.4 Å². The Labute approximate surface area is 107 Å². The number of aryl methyl sites for hydroxylation is 1. The highest BCUT2D eigenvalue weighted by Gasteiger charge is 2.24. The molecule has 0 saturated carbocycles. The normalized spacial score (nSPS) is 21.7. The molecule has 2 rings (SSSR count). The molecular formula is C12H18ClN3O. The Morgan fingerprint density at radius 3 is 3.06 bits per heavy atom. The van der Waals surface area contributed by atoms with Gasteiger partial charge < -0.3 is 4.74 Å². The van der Waals surface area contributed by atoms with E-state index in [0.717, 1.165) is 38.4 Å². The van der Waals surface area contributed by atoms with Gasteiger partial charge in [0.15, 0.2) is 5.82 Å². The quantitative estimate of drug-likeness (QED) is 0.777. The molecule has 1 saturated heterocycles. The Hall–Kier alpha value is -0.710. The molecule has 17 heavy (non-hydrogen) atoms. The maximum Gasteiger partial charge on any atom is 0.160 e. The second-order valence-corrected chi connectivity index (χ2v) is 4.74. The van der Waals surface area contributed by atoms with E-state index in [2.05, 4.69) is 21.8 Å². The lowest BCUT2D eigenvalue weighted by Gasteiger charge is -2.31. The van der Waals surface area contributed by atoms with Crippen molar-refractivity contribution in [1.29, 1.82) is 0 Å². The highest BCUT2D eigenvalue weighted by Crippen LogP contribution is 2.21. The molecule has 0 bridgehead atoms. The van der Waals surface area contributed by atoms with Crippen molar-refractivity contribution >= 4 is 11.6 Å². The van der Waals surface area contributed by atoms with E-state index < -0.39 is 0 Å². The van der Waals surface area contributed by atoms with E-state index in [4.69, 9.17) is 16.3 Å². The Morgan fingerprint density at radius 2 is 2.35 bits per heavy atom. The summed E-state index contributed by atoms with van der Waals surface area (Å²) >= 11 is 5.95. The van der Waals surface area contributed by atoms with Crippen molar-refractivity contribution in [2.75, 3.05) is 26.2 Å². The average molecular weight is 256 g/mol. The number of rotatable bonds is 3. The molecule has 1 aliphatic heterocycles. The zero-order valence-corrected chi connectivity index (χ0v) is 11.1. The van der Waals surface area contributed by atoms with E-state index in [0.29, 0.717) is 11.0 Å². The number of ether oxygens (including phenoxy) is 1. The second-order valence-electron chi connectivity index (χ2n) is 4.35. The molecule has 4 nitrogen and oxygen atoms in total. The summed E-state index contributed by atoms with van der Waals surface area (Å²) in [5, 5.41) is 0.490. The first kappa shape index (κ1) is 12.7. The summed E-state index contributed by atoms with van der Waals surface area (Å²) < 4.78 is 5.73. The molecule has 1 unspecified atom stereocenters. The molecule has 0 aliphatic carbocycles. The monoisotopic (exact) mass is 255 g/mol. The highest BCUT2D eigenvalue weighted by molar-refractivity contribution is 6.29. The zero-order valence-electron chi connectivity index (χ0n) is 10.3. The molecule has 1 aliphatic rings. The number of hydrogen-bond acceptors (Lipinski definition) is 4. The summed E-state index contributed by atoms with van der Waals surface area (Å²) in [6.07, 6.45) is 1.11. The zero-order chi connectivity index (χ0) is 12.3. The fourth-order valence-electron chi connectivity index (χ4n) is 2.07. The van der Waals surface area contributed by atoms with Gasteiger partial charge in [0.1, 0.15) is 11.3 Å².